The number of fused-ring (bicyclic) bond motifs is 1. The van der Waals surface area contributed by atoms with E-state index in [1.807, 2.05) is 19.9 Å². The second-order valence-corrected chi connectivity index (χ2v) is 5.93. The lowest BCUT2D eigenvalue weighted by Crippen LogP contribution is -2.54. The average Bonchev–Trinajstić information content (AvgIpc) is 2.46. The SMILES string of the molecule is CCNc1nc(C)cc(N2CCC3NC(=O)CCC3C2)n1. The molecule has 0 aromatic carbocycles. The fourth-order valence-corrected chi connectivity index (χ4v) is 3.27. The molecule has 3 heterocycles. The van der Waals surface area contributed by atoms with Gasteiger partial charge in [-0.1, -0.05) is 0 Å². The van der Waals surface area contributed by atoms with E-state index in [0.29, 0.717) is 24.3 Å². The molecule has 2 atom stereocenters. The summed E-state index contributed by atoms with van der Waals surface area (Å²) in [5.41, 5.74) is 0.982. The van der Waals surface area contributed by atoms with Crippen LogP contribution in [0.15, 0.2) is 6.07 Å². The highest BCUT2D eigenvalue weighted by Crippen LogP contribution is 2.28. The van der Waals surface area contributed by atoms with Gasteiger partial charge in [-0.2, -0.15) is 4.98 Å². The molecule has 0 bridgehead atoms. The molecule has 21 heavy (non-hydrogen) atoms. The van der Waals surface area contributed by atoms with Crippen LogP contribution in [0.1, 0.15) is 31.9 Å². The number of hydrogen-bond acceptors (Lipinski definition) is 5. The van der Waals surface area contributed by atoms with Crippen LogP contribution in [-0.2, 0) is 4.79 Å². The van der Waals surface area contributed by atoms with Crippen LogP contribution in [0.4, 0.5) is 11.8 Å². The fourth-order valence-electron chi connectivity index (χ4n) is 3.27. The van der Waals surface area contributed by atoms with Gasteiger partial charge in [0.1, 0.15) is 5.82 Å². The number of hydrogen-bond donors (Lipinski definition) is 2. The van der Waals surface area contributed by atoms with E-state index in [1.54, 1.807) is 0 Å². The van der Waals surface area contributed by atoms with Crippen molar-refractivity contribution in [2.75, 3.05) is 29.9 Å². The number of aryl methyl sites for hydroxylation is 1. The molecule has 3 rings (SSSR count). The van der Waals surface area contributed by atoms with Crippen LogP contribution < -0.4 is 15.5 Å². The number of carbonyl (C=O) groups excluding carboxylic acids is 1. The molecule has 0 radical (unpaired) electrons. The largest absolute Gasteiger partial charge is 0.356 e. The van der Waals surface area contributed by atoms with Crippen molar-refractivity contribution in [3.63, 3.8) is 0 Å². The average molecular weight is 289 g/mol. The molecule has 2 saturated heterocycles. The summed E-state index contributed by atoms with van der Waals surface area (Å²) in [5.74, 6) is 2.44. The van der Waals surface area contributed by atoms with Crippen molar-refractivity contribution in [1.82, 2.24) is 15.3 Å². The first kappa shape index (κ1) is 14.1. The van der Waals surface area contributed by atoms with Gasteiger partial charge < -0.3 is 15.5 Å². The Morgan fingerprint density at radius 2 is 2.29 bits per heavy atom. The molecule has 0 aliphatic carbocycles. The highest BCUT2D eigenvalue weighted by atomic mass is 16.1. The van der Waals surface area contributed by atoms with Gasteiger partial charge in [0.25, 0.3) is 0 Å². The van der Waals surface area contributed by atoms with Gasteiger partial charge >= 0.3 is 0 Å². The lowest BCUT2D eigenvalue weighted by atomic mass is 9.85. The smallest absolute Gasteiger partial charge is 0.224 e. The lowest BCUT2D eigenvalue weighted by molar-refractivity contribution is -0.124. The molecule has 1 aromatic rings. The number of nitrogens with zero attached hydrogens (tertiary/aromatic N) is 3. The quantitative estimate of drug-likeness (QED) is 0.878. The van der Waals surface area contributed by atoms with Crippen molar-refractivity contribution in [1.29, 1.82) is 0 Å². The van der Waals surface area contributed by atoms with Crippen LogP contribution in [0.5, 0.6) is 0 Å². The highest BCUT2D eigenvalue weighted by Gasteiger charge is 2.34. The number of amides is 1. The molecule has 6 heteroatoms. The van der Waals surface area contributed by atoms with Crippen LogP contribution >= 0.6 is 0 Å². The first-order valence-corrected chi connectivity index (χ1v) is 7.79. The summed E-state index contributed by atoms with van der Waals surface area (Å²) in [6.45, 7) is 6.76. The van der Waals surface area contributed by atoms with E-state index in [2.05, 4.69) is 25.5 Å². The number of anilines is 2. The minimum atomic E-state index is 0.206. The summed E-state index contributed by atoms with van der Waals surface area (Å²) in [6.07, 6.45) is 2.63. The Morgan fingerprint density at radius 3 is 3.10 bits per heavy atom. The number of rotatable bonds is 3. The molecule has 2 aliphatic rings. The summed E-state index contributed by atoms with van der Waals surface area (Å²) in [4.78, 5) is 22.8. The van der Waals surface area contributed by atoms with E-state index in [9.17, 15) is 4.79 Å². The topological polar surface area (TPSA) is 70.2 Å². The van der Waals surface area contributed by atoms with Crippen LogP contribution in [-0.4, -0.2) is 41.6 Å². The maximum atomic E-state index is 11.5. The molecule has 2 unspecified atom stereocenters. The number of piperidine rings is 2. The molecule has 2 fully saturated rings. The molecule has 2 aliphatic heterocycles. The van der Waals surface area contributed by atoms with Crippen LogP contribution in [0.2, 0.25) is 0 Å². The summed E-state index contributed by atoms with van der Waals surface area (Å²) in [7, 11) is 0. The number of aromatic nitrogens is 2. The van der Waals surface area contributed by atoms with Gasteiger partial charge in [-0.05, 0) is 32.6 Å². The van der Waals surface area contributed by atoms with Crippen LogP contribution in [0, 0.1) is 12.8 Å². The predicted molar refractivity (Wildman–Crippen MR) is 82.4 cm³/mol. The highest BCUT2D eigenvalue weighted by molar-refractivity contribution is 5.77. The van der Waals surface area contributed by atoms with E-state index in [0.717, 1.165) is 44.0 Å². The van der Waals surface area contributed by atoms with Crippen LogP contribution in [0.3, 0.4) is 0 Å². The number of carbonyl (C=O) groups is 1. The maximum Gasteiger partial charge on any atom is 0.224 e. The van der Waals surface area contributed by atoms with Gasteiger partial charge in [0.05, 0.1) is 0 Å². The monoisotopic (exact) mass is 289 g/mol. The zero-order valence-electron chi connectivity index (χ0n) is 12.7. The molecular formula is C15H23N5O. The van der Waals surface area contributed by atoms with Crippen molar-refractivity contribution >= 4 is 17.7 Å². The Balaban J connectivity index is 1.74. The summed E-state index contributed by atoms with van der Waals surface area (Å²) < 4.78 is 0. The minimum absolute atomic E-state index is 0.206. The van der Waals surface area contributed by atoms with Gasteiger partial charge in [-0.3, -0.25) is 4.79 Å². The molecular weight excluding hydrogens is 266 g/mol. The van der Waals surface area contributed by atoms with E-state index in [1.165, 1.54) is 0 Å². The minimum Gasteiger partial charge on any atom is -0.356 e. The van der Waals surface area contributed by atoms with Crippen molar-refractivity contribution in [3.8, 4) is 0 Å². The van der Waals surface area contributed by atoms with Crippen molar-refractivity contribution in [2.45, 2.75) is 39.2 Å². The van der Waals surface area contributed by atoms with E-state index in [4.69, 9.17) is 0 Å². The van der Waals surface area contributed by atoms with Crippen molar-refractivity contribution in [3.05, 3.63) is 11.8 Å². The normalized spacial score (nSPS) is 25.2. The first-order chi connectivity index (χ1) is 10.2. The molecule has 0 spiro atoms. The van der Waals surface area contributed by atoms with Gasteiger partial charge in [0.2, 0.25) is 11.9 Å². The van der Waals surface area contributed by atoms with E-state index in [-0.39, 0.29) is 5.91 Å². The Labute approximate surface area is 125 Å². The zero-order valence-corrected chi connectivity index (χ0v) is 12.7. The Kier molecular flexibility index (Phi) is 3.94. The Morgan fingerprint density at radius 1 is 1.43 bits per heavy atom. The van der Waals surface area contributed by atoms with Crippen LogP contribution in [0.25, 0.3) is 0 Å². The molecule has 114 valence electrons. The zero-order chi connectivity index (χ0) is 14.8. The van der Waals surface area contributed by atoms with Crippen molar-refractivity contribution < 1.29 is 4.79 Å². The third kappa shape index (κ3) is 3.09. The second kappa shape index (κ2) is 5.87. The van der Waals surface area contributed by atoms with Gasteiger partial charge in [0.15, 0.2) is 0 Å². The maximum absolute atomic E-state index is 11.5. The predicted octanol–water partition coefficient (Wildman–Crippen LogP) is 1.32. The van der Waals surface area contributed by atoms with E-state index >= 15 is 0 Å². The third-order valence-electron chi connectivity index (χ3n) is 4.32. The first-order valence-electron chi connectivity index (χ1n) is 7.79. The second-order valence-electron chi connectivity index (χ2n) is 5.93. The van der Waals surface area contributed by atoms with E-state index < -0.39 is 0 Å². The van der Waals surface area contributed by atoms with Gasteiger partial charge in [-0.15, -0.1) is 0 Å². The van der Waals surface area contributed by atoms with Gasteiger partial charge in [-0.25, -0.2) is 4.98 Å². The Hall–Kier alpha value is -1.85. The lowest BCUT2D eigenvalue weighted by Gasteiger charge is -2.41. The summed E-state index contributed by atoms with van der Waals surface area (Å²) >= 11 is 0. The number of nitrogens with one attached hydrogen (secondary N) is 2. The molecule has 0 saturated carbocycles. The van der Waals surface area contributed by atoms with Crippen molar-refractivity contribution in [2.24, 2.45) is 5.92 Å². The standard InChI is InChI=1S/C15H23N5O/c1-3-16-15-17-10(2)8-13(19-15)20-7-6-12-11(9-20)4-5-14(21)18-12/h8,11-12H,3-7,9H2,1-2H3,(H,18,21)(H,16,17,19). The third-order valence-corrected chi connectivity index (χ3v) is 4.32. The summed E-state index contributed by atoms with van der Waals surface area (Å²) in [5, 5.41) is 6.31. The fraction of sp³-hybridized carbons (Fsp3) is 0.667. The molecule has 2 N–H and O–H groups in total. The summed E-state index contributed by atoms with van der Waals surface area (Å²) in [6, 6.07) is 2.39. The Bertz CT molecular complexity index is 533. The van der Waals surface area contributed by atoms with Gasteiger partial charge in [0, 0.05) is 43.9 Å². The molecule has 1 amide bonds. The molecule has 1 aromatic heterocycles. The molecule has 6 nitrogen and oxygen atoms in total.